The summed E-state index contributed by atoms with van der Waals surface area (Å²) in [5, 5.41) is 10.1. The Bertz CT molecular complexity index is 169. The van der Waals surface area contributed by atoms with Crippen LogP contribution < -0.4 is 5.32 Å². The maximum absolute atomic E-state index is 10.2. The molecule has 2 N–H and O–H groups in total. The summed E-state index contributed by atoms with van der Waals surface area (Å²) >= 11 is 0. The lowest BCUT2D eigenvalue weighted by atomic mass is 9.52. The summed E-state index contributed by atoms with van der Waals surface area (Å²) in [7, 11) is 1.00. The van der Waals surface area contributed by atoms with E-state index in [2.05, 4.69) is 19.2 Å². The summed E-state index contributed by atoms with van der Waals surface area (Å²) in [6, 6.07) is 0. The molecule has 16 heavy (non-hydrogen) atoms. The van der Waals surface area contributed by atoms with Crippen LogP contribution in [0.3, 0.4) is 0 Å². The van der Waals surface area contributed by atoms with Gasteiger partial charge in [-0.05, 0) is 44.2 Å². The van der Waals surface area contributed by atoms with Gasteiger partial charge >= 0.3 is 0 Å². The fourth-order valence-corrected chi connectivity index (χ4v) is 2.48. The van der Waals surface area contributed by atoms with E-state index < -0.39 is 0 Å². The Morgan fingerprint density at radius 2 is 1.75 bits per heavy atom. The van der Waals surface area contributed by atoms with E-state index in [4.69, 9.17) is 5.11 Å². The number of carbonyl (C=O) groups is 1. The van der Waals surface area contributed by atoms with Gasteiger partial charge in [0.1, 0.15) is 6.29 Å². The van der Waals surface area contributed by atoms with Gasteiger partial charge < -0.3 is 15.2 Å². The van der Waals surface area contributed by atoms with Crippen LogP contribution in [0.4, 0.5) is 0 Å². The molecule has 0 aromatic rings. The number of aliphatic hydroxyl groups is 1. The molecule has 2 aliphatic carbocycles. The second-order valence-electron chi connectivity index (χ2n) is 4.62. The minimum atomic E-state index is 0.435. The first-order chi connectivity index (χ1) is 7.76. The predicted octanol–water partition coefficient (Wildman–Crippen LogP) is 1.99. The molecule has 0 saturated heterocycles. The molecule has 1 spiro atoms. The highest BCUT2D eigenvalue weighted by Crippen LogP contribution is 2.57. The Hall–Kier alpha value is -0.410. The first kappa shape index (κ1) is 15.6. The molecule has 2 aliphatic rings. The summed E-state index contributed by atoms with van der Waals surface area (Å²) in [4.78, 5) is 10.2. The molecule has 0 aromatic heterocycles. The molecule has 0 heterocycles. The number of nitrogens with one attached hydrogen (secondary N) is 1. The predicted molar refractivity (Wildman–Crippen MR) is 67.4 cm³/mol. The van der Waals surface area contributed by atoms with Crippen LogP contribution in [-0.2, 0) is 4.79 Å². The molecule has 0 bridgehead atoms. The van der Waals surface area contributed by atoms with Crippen molar-refractivity contribution < 1.29 is 9.90 Å². The van der Waals surface area contributed by atoms with Gasteiger partial charge in [-0.2, -0.15) is 0 Å². The van der Waals surface area contributed by atoms with Gasteiger partial charge in [0.05, 0.1) is 0 Å². The molecule has 0 unspecified atom stereocenters. The van der Waals surface area contributed by atoms with Crippen molar-refractivity contribution in [3.63, 3.8) is 0 Å². The monoisotopic (exact) mass is 229 g/mol. The lowest BCUT2D eigenvalue weighted by molar-refractivity contribution is -0.121. The highest BCUT2D eigenvalue weighted by atomic mass is 16.2. The van der Waals surface area contributed by atoms with Gasteiger partial charge in [0, 0.05) is 13.0 Å². The first-order valence-corrected chi connectivity index (χ1v) is 6.37. The summed E-state index contributed by atoms with van der Waals surface area (Å²) < 4.78 is 0. The Labute approximate surface area is 99.6 Å². The zero-order valence-corrected chi connectivity index (χ0v) is 11.0. The van der Waals surface area contributed by atoms with Gasteiger partial charge in [-0.15, -0.1) is 0 Å². The highest BCUT2D eigenvalue weighted by molar-refractivity contribution is 5.55. The number of aliphatic hydroxyl groups excluding tert-OH is 1. The normalized spacial score (nSPS) is 20.5. The van der Waals surface area contributed by atoms with E-state index in [9.17, 15) is 4.79 Å². The maximum atomic E-state index is 10.2. The van der Waals surface area contributed by atoms with Crippen LogP contribution in [0.2, 0.25) is 0 Å². The van der Waals surface area contributed by atoms with Crippen molar-refractivity contribution in [2.75, 3.05) is 20.2 Å². The number of carbonyl (C=O) groups excluding carboxylic acids is 1. The molecule has 0 aromatic carbocycles. The average molecular weight is 229 g/mol. The van der Waals surface area contributed by atoms with Crippen molar-refractivity contribution in [1.82, 2.24) is 5.32 Å². The van der Waals surface area contributed by atoms with Crippen LogP contribution in [0, 0.1) is 11.3 Å². The fraction of sp³-hybridized carbons (Fsp3) is 0.923. The summed E-state index contributed by atoms with van der Waals surface area (Å²) in [6.07, 6.45) is 7.75. The quantitative estimate of drug-likeness (QED) is 0.728. The SMILES string of the molecule is CCNCC.CO.O=CC1CC2(CCC2)C1. The van der Waals surface area contributed by atoms with E-state index in [1.807, 2.05) is 0 Å². The van der Waals surface area contributed by atoms with Gasteiger partial charge in [-0.25, -0.2) is 0 Å². The zero-order valence-electron chi connectivity index (χ0n) is 11.0. The van der Waals surface area contributed by atoms with Crippen LogP contribution >= 0.6 is 0 Å². The minimum absolute atomic E-state index is 0.435. The van der Waals surface area contributed by atoms with Gasteiger partial charge in [0.2, 0.25) is 0 Å². The molecule has 0 aliphatic heterocycles. The van der Waals surface area contributed by atoms with E-state index in [0.29, 0.717) is 11.3 Å². The fourth-order valence-electron chi connectivity index (χ4n) is 2.48. The Morgan fingerprint density at radius 1 is 1.25 bits per heavy atom. The minimum Gasteiger partial charge on any atom is -0.400 e. The van der Waals surface area contributed by atoms with Crippen LogP contribution in [0.5, 0.6) is 0 Å². The third kappa shape index (κ3) is 4.62. The topological polar surface area (TPSA) is 49.3 Å². The number of rotatable bonds is 3. The smallest absolute Gasteiger partial charge is 0.123 e. The molecule has 2 saturated carbocycles. The zero-order chi connectivity index (χ0) is 12.4. The summed E-state index contributed by atoms with van der Waals surface area (Å²) in [5.74, 6) is 0.435. The third-order valence-corrected chi connectivity index (χ3v) is 3.50. The van der Waals surface area contributed by atoms with Gasteiger partial charge in [-0.3, -0.25) is 0 Å². The Morgan fingerprint density at radius 3 is 1.94 bits per heavy atom. The lowest BCUT2D eigenvalue weighted by Crippen LogP contribution is -2.43. The maximum Gasteiger partial charge on any atom is 0.123 e. The molecule has 0 atom stereocenters. The van der Waals surface area contributed by atoms with Crippen molar-refractivity contribution in [2.45, 2.75) is 46.0 Å². The number of hydrogen-bond donors (Lipinski definition) is 2. The highest BCUT2D eigenvalue weighted by Gasteiger charge is 2.47. The molecule has 0 radical (unpaired) electrons. The van der Waals surface area contributed by atoms with Crippen LogP contribution in [-0.4, -0.2) is 31.6 Å². The molecular weight excluding hydrogens is 202 g/mol. The number of aldehydes is 1. The lowest BCUT2D eigenvalue weighted by Gasteiger charge is -2.52. The van der Waals surface area contributed by atoms with Crippen molar-refractivity contribution in [3.8, 4) is 0 Å². The molecular formula is C13H27NO2. The van der Waals surface area contributed by atoms with Gasteiger partial charge in [-0.1, -0.05) is 20.3 Å². The Balaban J connectivity index is 0.000000280. The van der Waals surface area contributed by atoms with Crippen LogP contribution in [0.15, 0.2) is 0 Å². The van der Waals surface area contributed by atoms with Crippen LogP contribution in [0.1, 0.15) is 46.0 Å². The summed E-state index contributed by atoms with van der Waals surface area (Å²) in [5.41, 5.74) is 0.686. The van der Waals surface area contributed by atoms with Crippen molar-refractivity contribution >= 4 is 6.29 Å². The second kappa shape index (κ2) is 8.71. The average Bonchev–Trinajstić information content (AvgIpc) is 2.19. The van der Waals surface area contributed by atoms with Gasteiger partial charge in [0.25, 0.3) is 0 Å². The Kier molecular flexibility index (Phi) is 8.49. The van der Waals surface area contributed by atoms with Crippen molar-refractivity contribution in [2.24, 2.45) is 11.3 Å². The number of hydrogen-bond acceptors (Lipinski definition) is 3. The van der Waals surface area contributed by atoms with E-state index in [1.165, 1.54) is 32.1 Å². The molecule has 2 rings (SSSR count). The first-order valence-electron chi connectivity index (χ1n) is 6.37. The molecule has 96 valence electrons. The van der Waals surface area contributed by atoms with Crippen LogP contribution in [0.25, 0.3) is 0 Å². The largest absolute Gasteiger partial charge is 0.400 e. The third-order valence-electron chi connectivity index (χ3n) is 3.50. The van der Waals surface area contributed by atoms with E-state index >= 15 is 0 Å². The van der Waals surface area contributed by atoms with Crippen molar-refractivity contribution in [3.05, 3.63) is 0 Å². The van der Waals surface area contributed by atoms with Crippen molar-refractivity contribution in [1.29, 1.82) is 0 Å². The van der Waals surface area contributed by atoms with E-state index in [1.54, 1.807) is 0 Å². The molecule has 2 fully saturated rings. The molecule has 3 nitrogen and oxygen atoms in total. The summed E-state index contributed by atoms with van der Waals surface area (Å²) in [6.45, 7) is 6.39. The standard InChI is InChI=1S/C8H12O.C4H11N.CH4O/c9-6-7-4-8(5-7)2-1-3-8;1-3-5-4-2;1-2/h6-7H,1-5H2;5H,3-4H2,1-2H3;2H,1H3. The second-order valence-corrected chi connectivity index (χ2v) is 4.62. The van der Waals surface area contributed by atoms with E-state index in [-0.39, 0.29) is 0 Å². The molecule has 3 heteroatoms. The molecule has 0 amide bonds. The van der Waals surface area contributed by atoms with Gasteiger partial charge in [0.15, 0.2) is 0 Å². The van der Waals surface area contributed by atoms with E-state index in [0.717, 1.165) is 26.5 Å².